The Labute approximate surface area is 93.0 Å². The first-order chi connectivity index (χ1) is 6.94. The third kappa shape index (κ3) is 2.21. The van der Waals surface area contributed by atoms with Gasteiger partial charge in [-0.1, -0.05) is 20.8 Å². The van der Waals surface area contributed by atoms with Crippen LogP contribution in [0.1, 0.15) is 52.9 Å². The fourth-order valence-electron chi connectivity index (χ4n) is 3.39. The molecule has 88 valence electrons. The molecule has 1 spiro atoms. The first-order valence-electron chi connectivity index (χ1n) is 6.26. The van der Waals surface area contributed by atoms with Crippen LogP contribution in [0, 0.1) is 11.3 Å². The van der Waals surface area contributed by atoms with E-state index >= 15 is 0 Å². The lowest BCUT2D eigenvalue weighted by Crippen LogP contribution is -2.51. The van der Waals surface area contributed by atoms with Crippen molar-refractivity contribution in [3.8, 4) is 0 Å². The van der Waals surface area contributed by atoms with Crippen molar-refractivity contribution in [2.75, 3.05) is 6.61 Å². The van der Waals surface area contributed by atoms with Gasteiger partial charge in [-0.3, -0.25) is 0 Å². The van der Waals surface area contributed by atoms with Crippen LogP contribution in [-0.2, 0) is 4.74 Å². The minimum absolute atomic E-state index is 0.00676. The van der Waals surface area contributed by atoms with Crippen molar-refractivity contribution in [1.29, 1.82) is 0 Å². The second-order valence-corrected chi connectivity index (χ2v) is 6.33. The molecule has 0 aromatic heterocycles. The van der Waals surface area contributed by atoms with Gasteiger partial charge in [-0.25, -0.2) is 0 Å². The summed E-state index contributed by atoms with van der Waals surface area (Å²) in [6.07, 6.45) is 5.10. The smallest absolute Gasteiger partial charge is 0.0732 e. The van der Waals surface area contributed by atoms with E-state index in [9.17, 15) is 5.11 Å². The van der Waals surface area contributed by atoms with Gasteiger partial charge in [0.2, 0.25) is 0 Å². The Morgan fingerprint density at radius 2 is 1.93 bits per heavy atom. The van der Waals surface area contributed by atoms with E-state index < -0.39 is 0 Å². The summed E-state index contributed by atoms with van der Waals surface area (Å²) in [4.78, 5) is 0. The van der Waals surface area contributed by atoms with Crippen LogP contribution in [-0.4, -0.2) is 23.4 Å². The monoisotopic (exact) mass is 212 g/mol. The molecule has 1 heterocycles. The molecule has 1 aliphatic heterocycles. The van der Waals surface area contributed by atoms with Crippen LogP contribution in [0.5, 0.6) is 0 Å². The van der Waals surface area contributed by atoms with Gasteiger partial charge in [0.05, 0.1) is 11.7 Å². The zero-order valence-electron chi connectivity index (χ0n) is 10.3. The van der Waals surface area contributed by atoms with Crippen LogP contribution >= 0.6 is 0 Å². The average molecular weight is 212 g/mol. The second-order valence-electron chi connectivity index (χ2n) is 6.33. The molecule has 0 aromatic carbocycles. The molecule has 2 aliphatic rings. The average Bonchev–Trinajstić information content (AvgIpc) is 2.12. The molecule has 0 radical (unpaired) electrons. The minimum Gasteiger partial charge on any atom is -0.393 e. The standard InChI is InChI=1S/C13H24O2/c1-10-8-12(2,3)5-6-13(10)9-11(14)4-7-15-13/h10-11,14H,4-9H2,1-3H3. The summed E-state index contributed by atoms with van der Waals surface area (Å²) in [6, 6.07) is 0. The van der Waals surface area contributed by atoms with E-state index in [4.69, 9.17) is 4.74 Å². The summed E-state index contributed by atoms with van der Waals surface area (Å²) in [5.74, 6) is 0.580. The quantitative estimate of drug-likeness (QED) is 0.669. The van der Waals surface area contributed by atoms with Crippen LogP contribution in [0.25, 0.3) is 0 Å². The summed E-state index contributed by atoms with van der Waals surface area (Å²) in [5, 5.41) is 9.79. The Morgan fingerprint density at radius 3 is 2.53 bits per heavy atom. The van der Waals surface area contributed by atoms with Gasteiger partial charge in [0.1, 0.15) is 0 Å². The van der Waals surface area contributed by atoms with Gasteiger partial charge in [-0.15, -0.1) is 0 Å². The van der Waals surface area contributed by atoms with Crippen molar-refractivity contribution >= 4 is 0 Å². The topological polar surface area (TPSA) is 29.5 Å². The largest absolute Gasteiger partial charge is 0.393 e. The molecular weight excluding hydrogens is 188 g/mol. The molecule has 1 N–H and O–H groups in total. The molecule has 0 amide bonds. The fraction of sp³-hybridized carbons (Fsp3) is 1.00. The summed E-state index contributed by atoms with van der Waals surface area (Å²) in [7, 11) is 0. The van der Waals surface area contributed by atoms with Crippen LogP contribution in [0.2, 0.25) is 0 Å². The number of ether oxygens (including phenoxy) is 1. The van der Waals surface area contributed by atoms with Crippen molar-refractivity contribution in [1.82, 2.24) is 0 Å². The molecule has 2 nitrogen and oxygen atoms in total. The van der Waals surface area contributed by atoms with Crippen LogP contribution in [0.15, 0.2) is 0 Å². The number of hydrogen-bond acceptors (Lipinski definition) is 2. The van der Waals surface area contributed by atoms with Crippen molar-refractivity contribution in [3.05, 3.63) is 0 Å². The number of aliphatic hydroxyl groups excluding tert-OH is 1. The Bertz CT molecular complexity index is 237. The predicted molar refractivity (Wildman–Crippen MR) is 60.7 cm³/mol. The van der Waals surface area contributed by atoms with Crippen LogP contribution in [0.4, 0.5) is 0 Å². The molecule has 2 rings (SSSR count). The normalized spacial score (nSPS) is 45.6. The summed E-state index contributed by atoms with van der Waals surface area (Å²) < 4.78 is 6.02. The highest BCUT2D eigenvalue weighted by atomic mass is 16.5. The molecule has 2 fully saturated rings. The van der Waals surface area contributed by atoms with Crippen molar-refractivity contribution in [3.63, 3.8) is 0 Å². The SMILES string of the molecule is CC1CC(C)(C)CCC12CC(O)CCO2. The van der Waals surface area contributed by atoms with E-state index in [0.717, 1.165) is 25.9 Å². The van der Waals surface area contributed by atoms with Gasteiger partial charge in [0.25, 0.3) is 0 Å². The maximum Gasteiger partial charge on any atom is 0.0732 e. The Hall–Kier alpha value is -0.0800. The Morgan fingerprint density at radius 1 is 1.20 bits per heavy atom. The third-order valence-corrected chi connectivity index (χ3v) is 4.40. The van der Waals surface area contributed by atoms with Crippen molar-refractivity contribution in [2.24, 2.45) is 11.3 Å². The molecule has 1 saturated carbocycles. The van der Waals surface area contributed by atoms with Crippen molar-refractivity contribution in [2.45, 2.75) is 64.6 Å². The third-order valence-electron chi connectivity index (χ3n) is 4.40. The van der Waals surface area contributed by atoms with Crippen molar-refractivity contribution < 1.29 is 9.84 Å². The number of rotatable bonds is 0. The zero-order valence-corrected chi connectivity index (χ0v) is 10.3. The molecule has 15 heavy (non-hydrogen) atoms. The van der Waals surface area contributed by atoms with E-state index in [0.29, 0.717) is 11.3 Å². The van der Waals surface area contributed by atoms with Crippen LogP contribution in [0.3, 0.4) is 0 Å². The van der Waals surface area contributed by atoms with E-state index in [2.05, 4.69) is 20.8 Å². The Balaban J connectivity index is 2.09. The molecule has 1 aliphatic carbocycles. The fourth-order valence-corrected chi connectivity index (χ4v) is 3.39. The van der Waals surface area contributed by atoms with Gasteiger partial charge < -0.3 is 9.84 Å². The molecule has 2 heteroatoms. The summed E-state index contributed by atoms with van der Waals surface area (Å²) >= 11 is 0. The van der Waals surface area contributed by atoms with E-state index in [1.165, 1.54) is 12.8 Å². The van der Waals surface area contributed by atoms with Gasteiger partial charge in [0.15, 0.2) is 0 Å². The number of aliphatic hydroxyl groups is 1. The Kier molecular flexibility index (Phi) is 2.85. The van der Waals surface area contributed by atoms with Crippen LogP contribution < -0.4 is 0 Å². The highest BCUT2D eigenvalue weighted by Crippen LogP contribution is 2.49. The van der Waals surface area contributed by atoms with E-state index in [1.54, 1.807) is 0 Å². The highest BCUT2D eigenvalue weighted by Gasteiger charge is 2.47. The molecule has 0 aromatic rings. The summed E-state index contributed by atoms with van der Waals surface area (Å²) in [5.41, 5.74) is 0.448. The molecule has 3 unspecified atom stereocenters. The van der Waals surface area contributed by atoms with Gasteiger partial charge in [-0.2, -0.15) is 0 Å². The maximum atomic E-state index is 9.79. The first kappa shape index (κ1) is 11.4. The van der Waals surface area contributed by atoms with E-state index in [-0.39, 0.29) is 11.7 Å². The number of hydrogen-bond donors (Lipinski definition) is 1. The predicted octanol–water partition coefficient (Wildman–Crippen LogP) is 2.74. The lowest BCUT2D eigenvalue weighted by atomic mass is 9.63. The highest BCUT2D eigenvalue weighted by molar-refractivity contribution is 4.98. The van der Waals surface area contributed by atoms with Gasteiger partial charge in [0, 0.05) is 13.0 Å². The van der Waals surface area contributed by atoms with Gasteiger partial charge in [-0.05, 0) is 37.0 Å². The molecule has 3 atom stereocenters. The second kappa shape index (κ2) is 3.74. The lowest BCUT2D eigenvalue weighted by Gasteiger charge is -2.51. The van der Waals surface area contributed by atoms with E-state index in [1.807, 2.05) is 0 Å². The summed E-state index contributed by atoms with van der Waals surface area (Å²) in [6.45, 7) is 7.72. The molecular formula is C13H24O2. The maximum absolute atomic E-state index is 9.79. The molecule has 1 saturated heterocycles. The molecule has 0 bridgehead atoms. The first-order valence-corrected chi connectivity index (χ1v) is 6.26. The minimum atomic E-state index is -0.137. The lowest BCUT2D eigenvalue weighted by molar-refractivity contribution is -0.173. The zero-order chi connectivity index (χ0) is 11.1. The van der Waals surface area contributed by atoms with Gasteiger partial charge >= 0.3 is 0 Å².